The molecule has 118 valence electrons. The SMILES string of the molecule is COc1ccc(-c2cn3cc(C(=O)NC(C)C)ccc3n2)cc1. The minimum atomic E-state index is -0.0819. The average Bonchev–Trinajstić information content (AvgIpc) is 2.97. The van der Waals surface area contributed by atoms with Crippen molar-refractivity contribution < 1.29 is 9.53 Å². The van der Waals surface area contributed by atoms with Crippen LogP contribution in [0.2, 0.25) is 0 Å². The second kappa shape index (κ2) is 6.12. The Hall–Kier alpha value is -2.82. The molecule has 0 fully saturated rings. The quantitative estimate of drug-likeness (QED) is 0.805. The number of imidazole rings is 1. The number of rotatable bonds is 4. The van der Waals surface area contributed by atoms with Crippen molar-refractivity contribution in [2.75, 3.05) is 7.11 Å². The summed E-state index contributed by atoms with van der Waals surface area (Å²) in [6.45, 7) is 3.88. The second-order valence-corrected chi connectivity index (χ2v) is 5.67. The molecule has 2 aromatic heterocycles. The lowest BCUT2D eigenvalue weighted by Crippen LogP contribution is -2.30. The highest BCUT2D eigenvalue weighted by Gasteiger charge is 2.10. The molecule has 0 spiro atoms. The number of fused-ring (bicyclic) bond motifs is 1. The van der Waals surface area contributed by atoms with E-state index in [4.69, 9.17) is 4.74 Å². The topological polar surface area (TPSA) is 55.6 Å². The number of amides is 1. The molecule has 3 aromatic rings. The van der Waals surface area contributed by atoms with Crippen LogP contribution >= 0.6 is 0 Å². The smallest absolute Gasteiger partial charge is 0.252 e. The molecule has 0 aliphatic rings. The monoisotopic (exact) mass is 309 g/mol. The van der Waals surface area contributed by atoms with Crippen LogP contribution in [0, 0.1) is 0 Å². The van der Waals surface area contributed by atoms with Gasteiger partial charge in [-0.1, -0.05) is 0 Å². The number of benzene rings is 1. The van der Waals surface area contributed by atoms with Gasteiger partial charge in [0.1, 0.15) is 11.4 Å². The lowest BCUT2D eigenvalue weighted by molar-refractivity contribution is 0.0942. The van der Waals surface area contributed by atoms with E-state index in [1.165, 1.54) is 0 Å². The summed E-state index contributed by atoms with van der Waals surface area (Å²) in [6, 6.07) is 11.5. The molecule has 0 radical (unpaired) electrons. The van der Waals surface area contributed by atoms with Crippen molar-refractivity contribution in [1.29, 1.82) is 0 Å². The van der Waals surface area contributed by atoms with Crippen LogP contribution in [0.5, 0.6) is 5.75 Å². The molecule has 23 heavy (non-hydrogen) atoms. The van der Waals surface area contributed by atoms with Gasteiger partial charge in [0.05, 0.1) is 18.4 Å². The molecular formula is C18H19N3O2. The largest absolute Gasteiger partial charge is 0.497 e. The molecule has 1 aromatic carbocycles. The van der Waals surface area contributed by atoms with E-state index in [0.29, 0.717) is 5.56 Å². The molecular weight excluding hydrogens is 290 g/mol. The molecule has 0 aliphatic carbocycles. The number of aromatic nitrogens is 2. The fraction of sp³-hybridized carbons (Fsp3) is 0.222. The maximum absolute atomic E-state index is 12.1. The number of hydrogen-bond donors (Lipinski definition) is 1. The molecule has 5 nitrogen and oxygen atoms in total. The lowest BCUT2D eigenvalue weighted by atomic mass is 10.2. The van der Waals surface area contributed by atoms with Crippen molar-refractivity contribution in [3.05, 3.63) is 54.4 Å². The highest BCUT2D eigenvalue weighted by molar-refractivity contribution is 5.94. The molecule has 0 bridgehead atoms. The first-order valence-corrected chi connectivity index (χ1v) is 7.51. The van der Waals surface area contributed by atoms with Gasteiger partial charge in [0.15, 0.2) is 0 Å². The molecule has 0 saturated carbocycles. The van der Waals surface area contributed by atoms with E-state index in [9.17, 15) is 4.79 Å². The molecule has 0 saturated heterocycles. The van der Waals surface area contributed by atoms with Gasteiger partial charge in [0.2, 0.25) is 0 Å². The van der Waals surface area contributed by atoms with Crippen molar-refractivity contribution in [2.24, 2.45) is 0 Å². The number of methoxy groups -OCH3 is 1. The Morgan fingerprint density at radius 3 is 2.52 bits per heavy atom. The molecule has 5 heteroatoms. The van der Waals surface area contributed by atoms with E-state index in [1.807, 2.05) is 54.8 Å². The van der Waals surface area contributed by atoms with Gasteiger partial charge in [-0.25, -0.2) is 4.98 Å². The van der Waals surface area contributed by atoms with Crippen LogP contribution in [0.25, 0.3) is 16.9 Å². The molecule has 0 unspecified atom stereocenters. The maximum atomic E-state index is 12.1. The van der Waals surface area contributed by atoms with Gasteiger partial charge >= 0.3 is 0 Å². The third kappa shape index (κ3) is 3.18. The fourth-order valence-corrected chi connectivity index (χ4v) is 2.37. The van der Waals surface area contributed by atoms with Gasteiger partial charge < -0.3 is 14.5 Å². The zero-order valence-electron chi connectivity index (χ0n) is 13.4. The van der Waals surface area contributed by atoms with Crippen molar-refractivity contribution in [3.8, 4) is 17.0 Å². The van der Waals surface area contributed by atoms with Crippen LogP contribution in [-0.2, 0) is 0 Å². The van der Waals surface area contributed by atoms with Gasteiger partial charge in [-0.2, -0.15) is 0 Å². The predicted molar refractivity (Wildman–Crippen MR) is 89.8 cm³/mol. The van der Waals surface area contributed by atoms with Gasteiger partial charge in [-0.05, 0) is 50.2 Å². The Labute approximate surface area is 134 Å². The summed E-state index contributed by atoms with van der Waals surface area (Å²) in [6.07, 6.45) is 3.72. The minimum absolute atomic E-state index is 0.0819. The van der Waals surface area contributed by atoms with Crippen LogP contribution in [0.15, 0.2) is 48.8 Å². The van der Waals surface area contributed by atoms with E-state index < -0.39 is 0 Å². The first-order valence-electron chi connectivity index (χ1n) is 7.51. The number of nitrogens with zero attached hydrogens (tertiary/aromatic N) is 2. The first-order chi connectivity index (χ1) is 11.1. The Balaban J connectivity index is 1.93. The summed E-state index contributed by atoms with van der Waals surface area (Å²) in [5.41, 5.74) is 3.28. The molecule has 1 amide bonds. The van der Waals surface area contributed by atoms with Gasteiger partial charge in [-0.3, -0.25) is 4.79 Å². The summed E-state index contributed by atoms with van der Waals surface area (Å²) in [4.78, 5) is 16.7. The highest BCUT2D eigenvalue weighted by atomic mass is 16.5. The maximum Gasteiger partial charge on any atom is 0.252 e. The van der Waals surface area contributed by atoms with E-state index >= 15 is 0 Å². The standard InChI is InChI=1S/C18H19N3O2/c1-12(2)19-18(22)14-6-9-17-20-16(11-21(17)10-14)13-4-7-15(23-3)8-5-13/h4-12H,1-3H3,(H,19,22). The Morgan fingerprint density at radius 1 is 1.13 bits per heavy atom. The Kier molecular flexibility index (Phi) is 4.02. The van der Waals surface area contributed by atoms with Gasteiger partial charge in [0, 0.05) is 24.0 Å². The lowest BCUT2D eigenvalue weighted by Gasteiger charge is -2.08. The highest BCUT2D eigenvalue weighted by Crippen LogP contribution is 2.22. The number of ether oxygens (including phenoxy) is 1. The van der Waals surface area contributed by atoms with Crippen molar-refractivity contribution in [2.45, 2.75) is 19.9 Å². The van der Waals surface area contributed by atoms with Crippen LogP contribution < -0.4 is 10.1 Å². The van der Waals surface area contributed by atoms with E-state index in [1.54, 1.807) is 19.4 Å². The van der Waals surface area contributed by atoms with Gasteiger partial charge in [0.25, 0.3) is 5.91 Å². The summed E-state index contributed by atoms with van der Waals surface area (Å²) >= 11 is 0. The van der Waals surface area contributed by atoms with Crippen LogP contribution in [-0.4, -0.2) is 28.4 Å². The van der Waals surface area contributed by atoms with Crippen LogP contribution in [0.1, 0.15) is 24.2 Å². The summed E-state index contributed by atoms with van der Waals surface area (Å²) in [5, 5.41) is 2.89. The number of carbonyl (C=O) groups is 1. The number of hydrogen-bond acceptors (Lipinski definition) is 3. The molecule has 0 atom stereocenters. The molecule has 2 heterocycles. The Bertz CT molecular complexity index is 835. The first kappa shape index (κ1) is 15.1. The normalized spacial score (nSPS) is 11.0. The van der Waals surface area contributed by atoms with E-state index in [-0.39, 0.29) is 11.9 Å². The summed E-state index contributed by atoms with van der Waals surface area (Å²) in [7, 11) is 1.64. The summed E-state index contributed by atoms with van der Waals surface area (Å²) in [5.74, 6) is 0.728. The number of nitrogens with one attached hydrogen (secondary N) is 1. The van der Waals surface area contributed by atoms with Gasteiger partial charge in [-0.15, -0.1) is 0 Å². The third-order valence-corrected chi connectivity index (χ3v) is 3.52. The average molecular weight is 309 g/mol. The summed E-state index contributed by atoms with van der Waals surface area (Å²) < 4.78 is 7.04. The second-order valence-electron chi connectivity index (χ2n) is 5.67. The molecule has 3 rings (SSSR count). The predicted octanol–water partition coefficient (Wildman–Crippen LogP) is 3.15. The fourth-order valence-electron chi connectivity index (χ4n) is 2.37. The zero-order valence-corrected chi connectivity index (χ0v) is 13.4. The minimum Gasteiger partial charge on any atom is -0.497 e. The number of carbonyl (C=O) groups excluding carboxylic acids is 1. The van der Waals surface area contributed by atoms with Crippen molar-refractivity contribution >= 4 is 11.6 Å². The number of pyridine rings is 1. The van der Waals surface area contributed by atoms with E-state index in [2.05, 4.69) is 10.3 Å². The Morgan fingerprint density at radius 2 is 1.87 bits per heavy atom. The van der Waals surface area contributed by atoms with Crippen LogP contribution in [0.4, 0.5) is 0 Å². The molecule has 0 aliphatic heterocycles. The van der Waals surface area contributed by atoms with Crippen LogP contribution in [0.3, 0.4) is 0 Å². The van der Waals surface area contributed by atoms with E-state index in [0.717, 1.165) is 22.7 Å². The zero-order chi connectivity index (χ0) is 16.4. The molecule has 1 N–H and O–H groups in total. The third-order valence-electron chi connectivity index (χ3n) is 3.52. The van der Waals surface area contributed by atoms with Crippen molar-refractivity contribution in [3.63, 3.8) is 0 Å². The van der Waals surface area contributed by atoms with Crippen molar-refractivity contribution in [1.82, 2.24) is 14.7 Å².